The number of piperazine rings is 1. The van der Waals surface area contributed by atoms with E-state index in [0.717, 1.165) is 29.5 Å². The summed E-state index contributed by atoms with van der Waals surface area (Å²) in [6.45, 7) is 9.03. The number of aromatic nitrogens is 2. The summed E-state index contributed by atoms with van der Waals surface area (Å²) in [5, 5.41) is 13.8. The molecule has 230 valence electrons. The quantitative estimate of drug-likeness (QED) is 0.478. The largest absolute Gasteiger partial charge is 0.573 e. The number of halogens is 3. The van der Waals surface area contributed by atoms with Crippen LogP contribution in [0.5, 0.6) is 5.75 Å². The lowest BCUT2D eigenvalue weighted by Crippen LogP contribution is -2.50. The molecule has 2 aliphatic heterocycles. The zero-order valence-electron chi connectivity index (χ0n) is 23.3. The molecule has 17 heteroatoms. The molecular formula is C25H32F3N7O6S. The van der Waals surface area contributed by atoms with Crippen LogP contribution in [0.2, 0.25) is 0 Å². The van der Waals surface area contributed by atoms with Gasteiger partial charge in [-0.2, -0.15) is 0 Å². The van der Waals surface area contributed by atoms with E-state index in [9.17, 15) is 27.6 Å². The summed E-state index contributed by atoms with van der Waals surface area (Å²) in [7, 11) is 0. The second-order valence-corrected chi connectivity index (χ2v) is 11.4. The zero-order chi connectivity index (χ0) is 30.5. The predicted octanol–water partition coefficient (Wildman–Crippen LogP) is 3.02. The molecule has 0 atom stereocenters. The smallest absolute Gasteiger partial charge is 0.444 e. The molecule has 0 radical (unpaired) electrons. The third kappa shape index (κ3) is 9.15. The maximum atomic E-state index is 13.0. The van der Waals surface area contributed by atoms with Gasteiger partial charge in [0, 0.05) is 44.8 Å². The average Bonchev–Trinajstić information content (AvgIpc) is 3.37. The highest BCUT2D eigenvalue weighted by Gasteiger charge is 2.33. The number of ether oxygens (including phenoxy) is 3. The van der Waals surface area contributed by atoms with Gasteiger partial charge in [0.1, 0.15) is 5.60 Å². The van der Waals surface area contributed by atoms with Crippen molar-refractivity contribution in [3.8, 4) is 5.75 Å². The molecule has 1 aromatic carbocycles. The van der Waals surface area contributed by atoms with Crippen molar-refractivity contribution in [1.29, 1.82) is 0 Å². The van der Waals surface area contributed by atoms with Gasteiger partial charge in [-0.15, -0.1) is 23.4 Å². The van der Waals surface area contributed by atoms with E-state index in [0.29, 0.717) is 57.6 Å². The number of alkyl halides is 3. The van der Waals surface area contributed by atoms with Crippen molar-refractivity contribution >= 4 is 45.2 Å². The highest BCUT2D eigenvalue weighted by molar-refractivity contribution is 7.19. The molecule has 13 nitrogen and oxygen atoms in total. The van der Waals surface area contributed by atoms with Crippen LogP contribution in [0.3, 0.4) is 0 Å². The molecule has 2 aromatic rings. The van der Waals surface area contributed by atoms with Gasteiger partial charge in [-0.25, -0.2) is 4.79 Å². The first-order chi connectivity index (χ1) is 19.8. The zero-order valence-corrected chi connectivity index (χ0v) is 24.1. The van der Waals surface area contributed by atoms with Gasteiger partial charge in [0.2, 0.25) is 16.2 Å². The third-order valence-electron chi connectivity index (χ3n) is 6.05. The number of carbonyl (C=O) groups excluding carboxylic acids is 3. The van der Waals surface area contributed by atoms with Crippen molar-refractivity contribution < 1.29 is 41.8 Å². The first-order valence-electron chi connectivity index (χ1n) is 13.1. The van der Waals surface area contributed by atoms with Crippen LogP contribution >= 0.6 is 11.3 Å². The predicted molar refractivity (Wildman–Crippen MR) is 147 cm³/mol. The minimum Gasteiger partial charge on any atom is -0.444 e. The molecule has 2 saturated heterocycles. The SMILES string of the molecule is CC(C)(C)OC(=O)N1CCN(c2nnc(NC(=O)c3ccc(OC(F)(F)F)c(NC(=O)CN4CCOCC4)c3)s2)CC1. The van der Waals surface area contributed by atoms with Crippen molar-refractivity contribution in [2.45, 2.75) is 32.7 Å². The van der Waals surface area contributed by atoms with E-state index in [1.54, 1.807) is 30.6 Å². The van der Waals surface area contributed by atoms with Gasteiger partial charge in [0.15, 0.2) is 5.75 Å². The lowest BCUT2D eigenvalue weighted by atomic mass is 10.1. The molecule has 0 spiro atoms. The van der Waals surface area contributed by atoms with E-state index >= 15 is 0 Å². The Morgan fingerprint density at radius 2 is 1.69 bits per heavy atom. The summed E-state index contributed by atoms with van der Waals surface area (Å²) in [4.78, 5) is 43.1. The van der Waals surface area contributed by atoms with Crippen LogP contribution < -0.4 is 20.3 Å². The van der Waals surface area contributed by atoms with Crippen LogP contribution in [0.4, 0.5) is 33.9 Å². The summed E-state index contributed by atoms with van der Waals surface area (Å²) in [6, 6.07) is 3.21. The number of amides is 3. The number of nitrogens with zero attached hydrogens (tertiary/aromatic N) is 5. The second-order valence-electron chi connectivity index (χ2n) is 10.5. The molecule has 4 rings (SSSR count). The molecule has 0 saturated carbocycles. The van der Waals surface area contributed by atoms with Crippen LogP contribution in [0.1, 0.15) is 31.1 Å². The van der Waals surface area contributed by atoms with E-state index in [4.69, 9.17) is 9.47 Å². The van der Waals surface area contributed by atoms with Crippen LogP contribution in [-0.2, 0) is 14.3 Å². The van der Waals surface area contributed by atoms with Crippen molar-refractivity contribution in [2.24, 2.45) is 0 Å². The summed E-state index contributed by atoms with van der Waals surface area (Å²) >= 11 is 1.11. The van der Waals surface area contributed by atoms with Crippen molar-refractivity contribution in [2.75, 3.05) is 74.6 Å². The van der Waals surface area contributed by atoms with E-state index in [1.165, 1.54) is 0 Å². The van der Waals surface area contributed by atoms with Gasteiger partial charge >= 0.3 is 12.5 Å². The summed E-state index contributed by atoms with van der Waals surface area (Å²) in [6.07, 6.45) is -5.40. The number of nitrogens with one attached hydrogen (secondary N) is 2. The fraction of sp³-hybridized carbons (Fsp3) is 0.560. The standard InChI is InChI=1S/C25H32F3N7O6S/c1-24(2,3)41-23(38)35-8-6-34(7-9-35)22-32-31-21(42-22)30-20(37)16-4-5-18(40-25(26,27)28)17(14-16)29-19(36)15-33-10-12-39-13-11-33/h4-5,14H,6-13,15H2,1-3H3,(H,29,36)(H,30,31,37). The van der Waals surface area contributed by atoms with Crippen molar-refractivity contribution in [3.05, 3.63) is 23.8 Å². The Kier molecular flexibility index (Phi) is 9.73. The normalized spacial score (nSPS) is 16.6. The average molecular weight is 616 g/mol. The molecule has 2 N–H and O–H groups in total. The maximum absolute atomic E-state index is 13.0. The van der Waals surface area contributed by atoms with Crippen LogP contribution in [0.25, 0.3) is 0 Å². The molecule has 0 aliphatic carbocycles. The Balaban J connectivity index is 1.38. The van der Waals surface area contributed by atoms with Gasteiger partial charge in [-0.1, -0.05) is 11.3 Å². The first-order valence-corrected chi connectivity index (χ1v) is 13.9. The number of benzene rings is 1. The summed E-state index contributed by atoms with van der Waals surface area (Å²) < 4.78 is 53.6. The summed E-state index contributed by atoms with van der Waals surface area (Å²) in [5.41, 5.74) is -0.936. The van der Waals surface area contributed by atoms with E-state index in [-0.39, 0.29) is 22.9 Å². The van der Waals surface area contributed by atoms with Crippen LogP contribution in [0.15, 0.2) is 18.2 Å². The molecule has 0 unspecified atom stereocenters. The lowest BCUT2D eigenvalue weighted by molar-refractivity contribution is -0.274. The first kappa shape index (κ1) is 31.2. The molecular weight excluding hydrogens is 583 g/mol. The van der Waals surface area contributed by atoms with Gasteiger partial charge in [-0.3, -0.25) is 19.8 Å². The molecule has 3 heterocycles. The Labute approximate surface area is 243 Å². The van der Waals surface area contributed by atoms with Gasteiger partial charge in [-0.05, 0) is 39.0 Å². The number of rotatable bonds is 7. The third-order valence-corrected chi connectivity index (χ3v) is 6.95. The van der Waals surface area contributed by atoms with E-state index < -0.39 is 35.6 Å². The fourth-order valence-electron chi connectivity index (χ4n) is 4.10. The van der Waals surface area contributed by atoms with Crippen LogP contribution in [-0.4, -0.2) is 109 Å². The Morgan fingerprint density at radius 3 is 2.33 bits per heavy atom. The summed E-state index contributed by atoms with van der Waals surface area (Å²) in [5.74, 6) is -1.89. The van der Waals surface area contributed by atoms with Gasteiger partial charge < -0.3 is 29.3 Å². The molecule has 3 amide bonds. The Bertz CT molecular complexity index is 1270. The van der Waals surface area contributed by atoms with E-state index in [2.05, 4.69) is 25.6 Å². The number of anilines is 3. The van der Waals surface area contributed by atoms with Crippen molar-refractivity contribution in [1.82, 2.24) is 20.0 Å². The second kappa shape index (κ2) is 13.1. The maximum Gasteiger partial charge on any atom is 0.573 e. The molecule has 42 heavy (non-hydrogen) atoms. The Morgan fingerprint density at radius 1 is 1.00 bits per heavy atom. The minimum atomic E-state index is -5.01. The van der Waals surface area contributed by atoms with E-state index in [1.807, 2.05) is 4.90 Å². The highest BCUT2D eigenvalue weighted by Crippen LogP contribution is 2.32. The molecule has 0 bridgehead atoms. The Hall–Kier alpha value is -3.70. The monoisotopic (exact) mass is 615 g/mol. The fourth-order valence-corrected chi connectivity index (χ4v) is 4.90. The number of hydrogen-bond donors (Lipinski definition) is 2. The van der Waals surface area contributed by atoms with Crippen molar-refractivity contribution in [3.63, 3.8) is 0 Å². The number of hydrogen-bond acceptors (Lipinski definition) is 11. The molecule has 1 aromatic heterocycles. The topological polar surface area (TPSA) is 138 Å². The molecule has 2 aliphatic rings. The van der Waals surface area contributed by atoms with Gasteiger partial charge in [0.05, 0.1) is 25.4 Å². The van der Waals surface area contributed by atoms with Crippen LogP contribution in [0, 0.1) is 0 Å². The van der Waals surface area contributed by atoms with Gasteiger partial charge in [0.25, 0.3) is 5.91 Å². The number of morpholine rings is 1. The lowest BCUT2D eigenvalue weighted by Gasteiger charge is -2.35. The minimum absolute atomic E-state index is 0.0334. The highest BCUT2D eigenvalue weighted by atomic mass is 32.1. The number of carbonyl (C=O) groups is 3. The molecule has 2 fully saturated rings.